The number of nitrogens with zero attached hydrogens (tertiary/aromatic N) is 1. The summed E-state index contributed by atoms with van der Waals surface area (Å²) in [5.74, 6) is 0.380. The molecule has 0 bridgehead atoms. The fourth-order valence-corrected chi connectivity index (χ4v) is 4.90. The molecule has 1 saturated carbocycles. The molecule has 0 aliphatic heterocycles. The second-order valence-corrected chi connectivity index (χ2v) is 9.41. The van der Waals surface area contributed by atoms with Crippen LogP contribution in [0.5, 0.6) is 5.75 Å². The second kappa shape index (κ2) is 11.2. The van der Waals surface area contributed by atoms with Crippen LogP contribution in [-0.4, -0.2) is 37.4 Å². The quantitative estimate of drug-likeness (QED) is 0.463. The Morgan fingerprint density at radius 2 is 1.94 bits per heavy atom. The Morgan fingerprint density at radius 3 is 2.60 bits per heavy atom. The molecule has 3 amide bonds. The van der Waals surface area contributed by atoms with Crippen molar-refractivity contribution in [2.24, 2.45) is 0 Å². The first-order valence-electron chi connectivity index (χ1n) is 11.6. The lowest BCUT2D eigenvalue weighted by Crippen LogP contribution is -2.49. The monoisotopic (exact) mass is 495 g/mol. The largest absolute Gasteiger partial charge is 0.497 e. The molecular formula is C26H29N3O5S. The van der Waals surface area contributed by atoms with Crippen molar-refractivity contribution in [3.8, 4) is 5.75 Å². The summed E-state index contributed by atoms with van der Waals surface area (Å²) in [6.45, 7) is 1.50. The van der Waals surface area contributed by atoms with Gasteiger partial charge in [-0.1, -0.05) is 25.0 Å². The van der Waals surface area contributed by atoms with Gasteiger partial charge in [-0.15, -0.1) is 11.3 Å². The van der Waals surface area contributed by atoms with Crippen molar-refractivity contribution in [2.45, 2.75) is 44.7 Å². The van der Waals surface area contributed by atoms with Crippen LogP contribution in [0.15, 0.2) is 58.3 Å². The smallest absolute Gasteiger partial charge is 0.261 e. The molecule has 1 unspecified atom stereocenters. The summed E-state index contributed by atoms with van der Waals surface area (Å²) in [5.41, 5.74) is 0.459. The van der Waals surface area contributed by atoms with E-state index in [9.17, 15) is 14.4 Å². The molecule has 184 valence electrons. The van der Waals surface area contributed by atoms with Gasteiger partial charge in [-0.2, -0.15) is 0 Å². The third-order valence-electron chi connectivity index (χ3n) is 5.98. The third kappa shape index (κ3) is 5.92. The molecule has 3 aromatic rings. The van der Waals surface area contributed by atoms with Gasteiger partial charge in [-0.25, -0.2) is 0 Å². The summed E-state index contributed by atoms with van der Waals surface area (Å²) in [6, 6.07) is 12.9. The number of methoxy groups -OCH3 is 1. The minimum atomic E-state index is -1.05. The Hall–Kier alpha value is -3.59. The Bertz CT molecular complexity index is 1170. The van der Waals surface area contributed by atoms with Gasteiger partial charge in [0, 0.05) is 17.8 Å². The van der Waals surface area contributed by atoms with Crippen molar-refractivity contribution in [3.63, 3.8) is 0 Å². The van der Waals surface area contributed by atoms with E-state index < -0.39 is 11.9 Å². The Labute approximate surface area is 208 Å². The van der Waals surface area contributed by atoms with Crippen molar-refractivity contribution in [3.05, 3.63) is 70.3 Å². The zero-order chi connectivity index (χ0) is 24.8. The van der Waals surface area contributed by atoms with E-state index in [-0.39, 0.29) is 24.4 Å². The number of thiophene rings is 1. The maximum absolute atomic E-state index is 13.6. The molecular weight excluding hydrogens is 466 g/mol. The maximum Gasteiger partial charge on any atom is 0.261 e. The highest BCUT2D eigenvalue weighted by atomic mass is 32.1. The molecule has 1 aromatic carbocycles. The van der Waals surface area contributed by atoms with E-state index in [1.54, 1.807) is 60.8 Å². The van der Waals surface area contributed by atoms with E-state index in [1.165, 1.54) is 23.3 Å². The molecule has 0 saturated heterocycles. The molecule has 1 aliphatic carbocycles. The van der Waals surface area contributed by atoms with Crippen LogP contribution in [0.4, 0.5) is 5.69 Å². The first-order valence-corrected chi connectivity index (χ1v) is 12.5. The van der Waals surface area contributed by atoms with Crippen molar-refractivity contribution < 1.29 is 23.5 Å². The SMILES string of the molecule is COc1cccc(N(C(=O)CNC(=O)c2cccs2)C(C(=O)NC2CCCC2)c2ccc(C)o2)c1. The number of furan rings is 1. The molecule has 2 aromatic heterocycles. The van der Waals surface area contributed by atoms with Crippen molar-refractivity contribution in [2.75, 3.05) is 18.6 Å². The first kappa shape index (κ1) is 24.5. The van der Waals surface area contributed by atoms with Crippen LogP contribution in [0, 0.1) is 6.92 Å². The first-order chi connectivity index (χ1) is 17.0. The Balaban J connectivity index is 1.68. The average molecular weight is 496 g/mol. The number of hydrogen-bond acceptors (Lipinski definition) is 6. The van der Waals surface area contributed by atoms with E-state index in [2.05, 4.69) is 10.6 Å². The number of amides is 3. The number of nitrogens with one attached hydrogen (secondary N) is 2. The molecule has 0 spiro atoms. The van der Waals surface area contributed by atoms with Crippen LogP contribution in [0.25, 0.3) is 0 Å². The van der Waals surface area contributed by atoms with E-state index in [4.69, 9.17) is 9.15 Å². The van der Waals surface area contributed by atoms with Crippen LogP contribution in [-0.2, 0) is 9.59 Å². The van der Waals surface area contributed by atoms with Gasteiger partial charge in [0.15, 0.2) is 6.04 Å². The number of rotatable bonds is 9. The minimum absolute atomic E-state index is 0.0573. The van der Waals surface area contributed by atoms with Gasteiger partial charge in [0.2, 0.25) is 5.91 Å². The fraction of sp³-hybridized carbons (Fsp3) is 0.346. The lowest BCUT2D eigenvalue weighted by molar-refractivity contribution is -0.127. The number of benzene rings is 1. The third-order valence-corrected chi connectivity index (χ3v) is 6.85. The Kier molecular flexibility index (Phi) is 7.87. The number of anilines is 1. The number of aryl methyl sites for hydroxylation is 1. The maximum atomic E-state index is 13.6. The van der Waals surface area contributed by atoms with Crippen molar-refractivity contribution in [1.29, 1.82) is 0 Å². The number of carbonyl (C=O) groups excluding carboxylic acids is 3. The van der Waals surface area contributed by atoms with Gasteiger partial charge in [-0.3, -0.25) is 19.3 Å². The van der Waals surface area contributed by atoms with Gasteiger partial charge >= 0.3 is 0 Å². The van der Waals surface area contributed by atoms with Gasteiger partial charge in [0.05, 0.1) is 18.5 Å². The van der Waals surface area contributed by atoms with Gasteiger partial charge in [0.1, 0.15) is 17.3 Å². The average Bonchev–Trinajstić information content (AvgIpc) is 3.64. The van der Waals surface area contributed by atoms with Gasteiger partial charge < -0.3 is 19.8 Å². The standard InChI is InChI=1S/C26H29N3O5S/c1-17-12-13-21(34-17)24(26(32)28-18-7-3-4-8-18)29(19-9-5-10-20(15-19)33-2)23(30)16-27-25(31)22-11-6-14-35-22/h5-6,9-15,18,24H,3-4,7-8,16H2,1-2H3,(H,27,31)(H,28,32). The highest BCUT2D eigenvalue weighted by Crippen LogP contribution is 2.32. The second-order valence-electron chi connectivity index (χ2n) is 8.47. The zero-order valence-corrected chi connectivity index (χ0v) is 20.6. The molecule has 8 nitrogen and oxygen atoms in total. The zero-order valence-electron chi connectivity index (χ0n) is 19.8. The van der Waals surface area contributed by atoms with Crippen LogP contribution >= 0.6 is 11.3 Å². The molecule has 9 heteroatoms. The number of carbonyl (C=O) groups is 3. The number of hydrogen-bond donors (Lipinski definition) is 2. The molecule has 2 N–H and O–H groups in total. The molecule has 0 radical (unpaired) electrons. The summed E-state index contributed by atoms with van der Waals surface area (Å²) in [7, 11) is 1.53. The van der Waals surface area contributed by atoms with Crippen LogP contribution in [0.1, 0.15) is 52.9 Å². The summed E-state index contributed by atoms with van der Waals surface area (Å²) in [5, 5.41) is 7.57. The van der Waals surface area contributed by atoms with Crippen molar-refractivity contribution in [1.82, 2.24) is 10.6 Å². The van der Waals surface area contributed by atoms with E-state index in [1.807, 2.05) is 0 Å². The molecule has 4 rings (SSSR count). The Morgan fingerprint density at radius 1 is 1.14 bits per heavy atom. The van der Waals surface area contributed by atoms with Gasteiger partial charge in [0.25, 0.3) is 11.8 Å². The highest BCUT2D eigenvalue weighted by molar-refractivity contribution is 7.12. The predicted molar refractivity (Wildman–Crippen MR) is 134 cm³/mol. The predicted octanol–water partition coefficient (Wildman–Crippen LogP) is 4.22. The normalized spacial score (nSPS) is 14.3. The number of ether oxygens (including phenoxy) is 1. The van der Waals surface area contributed by atoms with E-state index >= 15 is 0 Å². The summed E-state index contributed by atoms with van der Waals surface area (Å²) in [4.78, 5) is 41.6. The molecule has 1 aliphatic rings. The van der Waals surface area contributed by atoms with Gasteiger partial charge in [-0.05, 0) is 55.5 Å². The summed E-state index contributed by atoms with van der Waals surface area (Å²) in [6.07, 6.45) is 3.92. The molecule has 1 atom stereocenters. The molecule has 1 fully saturated rings. The van der Waals surface area contributed by atoms with E-state index in [0.29, 0.717) is 27.8 Å². The lowest BCUT2D eigenvalue weighted by atomic mass is 10.1. The molecule has 2 heterocycles. The van der Waals surface area contributed by atoms with Crippen LogP contribution < -0.4 is 20.3 Å². The van der Waals surface area contributed by atoms with E-state index in [0.717, 1.165) is 25.7 Å². The molecule has 35 heavy (non-hydrogen) atoms. The van der Waals surface area contributed by atoms with Crippen molar-refractivity contribution >= 4 is 34.7 Å². The van der Waals surface area contributed by atoms with Crippen LogP contribution in [0.2, 0.25) is 0 Å². The lowest BCUT2D eigenvalue weighted by Gasteiger charge is -2.31. The fourth-order valence-electron chi connectivity index (χ4n) is 4.26. The summed E-state index contributed by atoms with van der Waals surface area (Å²) >= 11 is 1.29. The van der Waals surface area contributed by atoms with Crippen LogP contribution in [0.3, 0.4) is 0 Å². The topological polar surface area (TPSA) is 101 Å². The minimum Gasteiger partial charge on any atom is -0.497 e. The summed E-state index contributed by atoms with van der Waals surface area (Å²) < 4.78 is 11.2. The highest BCUT2D eigenvalue weighted by Gasteiger charge is 2.36.